The summed E-state index contributed by atoms with van der Waals surface area (Å²) in [5, 5.41) is 15.4. The largest absolute Gasteiger partial charge is 0.368 e. The molecule has 1 aromatic heterocycles. The summed E-state index contributed by atoms with van der Waals surface area (Å²) < 4.78 is 0. The number of nitro benzene ring substituents is 1. The lowest BCUT2D eigenvalue weighted by atomic mass is 10.1. The first-order chi connectivity index (χ1) is 8.22. The van der Waals surface area contributed by atoms with Gasteiger partial charge in [-0.15, -0.1) is 0 Å². The zero-order chi connectivity index (χ0) is 12.3. The Morgan fingerprint density at radius 3 is 2.94 bits per heavy atom. The summed E-state index contributed by atoms with van der Waals surface area (Å²) in [4.78, 5) is 14.4. The minimum atomic E-state index is -0.410. The number of pyridine rings is 1. The molecule has 3 N–H and O–H groups in total. The van der Waals surface area contributed by atoms with Crippen LogP contribution in [0.5, 0.6) is 0 Å². The first-order valence-corrected chi connectivity index (χ1v) is 5.19. The molecule has 2 rings (SSSR count). The fourth-order valence-electron chi connectivity index (χ4n) is 1.61. The maximum absolute atomic E-state index is 10.7. The van der Waals surface area contributed by atoms with Gasteiger partial charge in [-0.2, -0.15) is 0 Å². The van der Waals surface area contributed by atoms with Crippen LogP contribution in [-0.2, 0) is 0 Å². The van der Waals surface area contributed by atoms with Crippen LogP contribution < -0.4 is 11.1 Å². The molecule has 0 fully saturated rings. The van der Waals surface area contributed by atoms with Crippen LogP contribution in [-0.4, -0.2) is 23.0 Å². The van der Waals surface area contributed by atoms with Crippen molar-refractivity contribution in [1.29, 1.82) is 0 Å². The molecule has 0 radical (unpaired) electrons. The van der Waals surface area contributed by atoms with Crippen molar-refractivity contribution in [2.24, 2.45) is 5.73 Å². The van der Waals surface area contributed by atoms with Gasteiger partial charge in [0, 0.05) is 36.8 Å². The Bertz CT molecular complexity index is 556. The lowest BCUT2D eigenvalue weighted by molar-refractivity contribution is -0.384. The lowest BCUT2D eigenvalue weighted by Crippen LogP contribution is -2.14. The molecule has 0 amide bonds. The Morgan fingerprint density at radius 1 is 1.41 bits per heavy atom. The van der Waals surface area contributed by atoms with E-state index in [0.29, 0.717) is 18.9 Å². The number of nitrogens with one attached hydrogen (secondary N) is 1. The van der Waals surface area contributed by atoms with Crippen LogP contribution in [0.1, 0.15) is 0 Å². The molecule has 0 saturated carbocycles. The second kappa shape index (κ2) is 4.75. The van der Waals surface area contributed by atoms with Gasteiger partial charge >= 0.3 is 0 Å². The third-order valence-corrected chi connectivity index (χ3v) is 2.40. The van der Waals surface area contributed by atoms with Crippen LogP contribution in [0.25, 0.3) is 10.8 Å². The van der Waals surface area contributed by atoms with E-state index in [1.165, 1.54) is 12.1 Å². The summed E-state index contributed by atoms with van der Waals surface area (Å²) in [6, 6.07) is 6.44. The van der Waals surface area contributed by atoms with Crippen LogP contribution in [0.4, 0.5) is 11.5 Å². The number of hydrogen-bond donors (Lipinski definition) is 2. The molecule has 0 saturated heterocycles. The summed E-state index contributed by atoms with van der Waals surface area (Å²) in [5.41, 5.74) is 5.48. The highest BCUT2D eigenvalue weighted by atomic mass is 16.6. The number of nitrogens with two attached hydrogens (primary N) is 1. The summed E-state index contributed by atoms with van der Waals surface area (Å²) in [7, 11) is 0. The molecule has 0 aliphatic carbocycles. The molecule has 0 aliphatic heterocycles. The highest BCUT2D eigenvalue weighted by Gasteiger charge is 2.08. The minimum absolute atomic E-state index is 0.0773. The van der Waals surface area contributed by atoms with Gasteiger partial charge in [-0.05, 0) is 17.5 Å². The maximum Gasteiger partial charge on any atom is 0.270 e. The van der Waals surface area contributed by atoms with Gasteiger partial charge in [-0.3, -0.25) is 10.1 Å². The van der Waals surface area contributed by atoms with E-state index in [9.17, 15) is 10.1 Å². The summed E-state index contributed by atoms with van der Waals surface area (Å²) >= 11 is 0. The van der Waals surface area contributed by atoms with Gasteiger partial charge < -0.3 is 11.1 Å². The number of rotatable bonds is 4. The Hall–Kier alpha value is -2.21. The van der Waals surface area contributed by atoms with Gasteiger partial charge in [0.1, 0.15) is 5.82 Å². The second-order valence-electron chi connectivity index (χ2n) is 3.54. The van der Waals surface area contributed by atoms with Crippen LogP contribution in [0, 0.1) is 10.1 Å². The molecule has 88 valence electrons. The van der Waals surface area contributed by atoms with E-state index in [1.807, 2.05) is 0 Å². The molecule has 2 aromatic rings. The molecule has 0 bridgehead atoms. The highest BCUT2D eigenvalue weighted by molar-refractivity contribution is 5.93. The van der Waals surface area contributed by atoms with Crippen molar-refractivity contribution in [2.75, 3.05) is 18.4 Å². The molecular formula is C11H12N4O2. The molecule has 6 nitrogen and oxygen atoms in total. The van der Waals surface area contributed by atoms with Crippen molar-refractivity contribution < 1.29 is 4.92 Å². The Kier molecular flexibility index (Phi) is 3.15. The molecular weight excluding hydrogens is 220 g/mol. The molecule has 0 atom stereocenters. The third-order valence-electron chi connectivity index (χ3n) is 2.40. The monoisotopic (exact) mass is 232 g/mol. The normalized spacial score (nSPS) is 10.4. The quantitative estimate of drug-likeness (QED) is 0.615. The molecule has 17 heavy (non-hydrogen) atoms. The smallest absolute Gasteiger partial charge is 0.270 e. The van der Waals surface area contributed by atoms with E-state index in [0.717, 1.165) is 10.8 Å². The summed E-state index contributed by atoms with van der Waals surface area (Å²) in [5.74, 6) is 0.697. The van der Waals surface area contributed by atoms with Crippen LogP contribution >= 0.6 is 0 Å². The summed E-state index contributed by atoms with van der Waals surface area (Å²) in [6.45, 7) is 1.12. The van der Waals surface area contributed by atoms with Gasteiger partial charge in [0.05, 0.1) is 4.92 Å². The predicted molar refractivity (Wildman–Crippen MR) is 65.9 cm³/mol. The van der Waals surface area contributed by atoms with E-state index < -0.39 is 4.92 Å². The molecule has 6 heteroatoms. The number of hydrogen-bond acceptors (Lipinski definition) is 5. The van der Waals surface area contributed by atoms with Gasteiger partial charge in [0.25, 0.3) is 5.69 Å². The van der Waals surface area contributed by atoms with Gasteiger partial charge in [0.2, 0.25) is 0 Å². The van der Waals surface area contributed by atoms with E-state index in [2.05, 4.69) is 10.3 Å². The fourth-order valence-corrected chi connectivity index (χ4v) is 1.61. The highest BCUT2D eigenvalue weighted by Crippen LogP contribution is 2.24. The first-order valence-electron chi connectivity index (χ1n) is 5.19. The third kappa shape index (κ3) is 2.31. The second-order valence-corrected chi connectivity index (χ2v) is 3.54. The average Bonchev–Trinajstić information content (AvgIpc) is 2.35. The number of nitrogens with zero attached hydrogens (tertiary/aromatic N) is 2. The van der Waals surface area contributed by atoms with Crippen molar-refractivity contribution in [3.05, 3.63) is 40.6 Å². The standard InChI is InChI=1S/C11H12N4O2/c12-4-6-14-11-10-2-1-9(15(16)17)7-8(10)3-5-13-11/h1-3,5,7H,4,6,12H2,(H,13,14). The van der Waals surface area contributed by atoms with Crippen LogP contribution in [0.2, 0.25) is 0 Å². The van der Waals surface area contributed by atoms with Gasteiger partial charge in [0.15, 0.2) is 0 Å². The first kappa shape index (κ1) is 11.3. The number of nitro groups is 1. The molecule has 0 unspecified atom stereocenters. The number of non-ortho nitro benzene ring substituents is 1. The zero-order valence-electron chi connectivity index (χ0n) is 9.09. The molecule has 1 heterocycles. The average molecular weight is 232 g/mol. The maximum atomic E-state index is 10.7. The van der Waals surface area contributed by atoms with Crippen molar-refractivity contribution in [3.63, 3.8) is 0 Å². The van der Waals surface area contributed by atoms with Crippen LogP contribution in [0.3, 0.4) is 0 Å². The van der Waals surface area contributed by atoms with Crippen molar-refractivity contribution in [1.82, 2.24) is 4.98 Å². The van der Waals surface area contributed by atoms with Crippen molar-refractivity contribution >= 4 is 22.3 Å². The van der Waals surface area contributed by atoms with Gasteiger partial charge in [-0.25, -0.2) is 4.98 Å². The Balaban J connectivity index is 2.47. The van der Waals surface area contributed by atoms with Crippen molar-refractivity contribution in [2.45, 2.75) is 0 Å². The minimum Gasteiger partial charge on any atom is -0.368 e. The Labute approximate surface area is 97.6 Å². The number of anilines is 1. The predicted octanol–water partition coefficient (Wildman–Crippen LogP) is 1.51. The summed E-state index contributed by atoms with van der Waals surface area (Å²) in [6.07, 6.45) is 1.62. The SMILES string of the molecule is NCCNc1nccc2cc([N+](=O)[O-])ccc12. The number of fused-ring (bicyclic) bond motifs is 1. The molecule has 1 aromatic carbocycles. The van der Waals surface area contributed by atoms with E-state index in [-0.39, 0.29) is 5.69 Å². The fraction of sp³-hybridized carbons (Fsp3) is 0.182. The van der Waals surface area contributed by atoms with E-state index in [1.54, 1.807) is 18.3 Å². The molecule has 0 spiro atoms. The van der Waals surface area contributed by atoms with E-state index >= 15 is 0 Å². The van der Waals surface area contributed by atoms with Crippen LogP contribution in [0.15, 0.2) is 30.5 Å². The van der Waals surface area contributed by atoms with Crippen molar-refractivity contribution in [3.8, 4) is 0 Å². The van der Waals surface area contributed by atoms with E-state index in [4.69, 9.17) is 5.73 Å². The van der Waals surface area contributed by atoms with Gasteiger partial charge in [-0.1, -0.05) is 0 Å². The number of aromatic nitrogens is 1. The molecule has 0 aliphatic rings. The Morgan fingerprint density at radius 2 is 2.24 bits per heavy atom. The lowest BCUT2D eigenvalue weighted by Gasteiger charge is -2.07. The topological polar surface area (TPSA) is 94.1 Å². The number of benzene rings is 1. The zero-order valence-corrected chi connectivity index (χ0v) is 9.09.